The second kappa shape index (κ2) is 4.29. The molecule has 0 amide bonds. The van der Waals surface area contributed by atoms with E-state index in [2.05, 4.69) is 15.9 Å². The third-order valence-corrected chi connectivity index (χ3v) is 4.36. The Bertz CT molecular complexity index is 422. The molecule has 1 aromatic rings. The van der Waals surface area contributed by atoms with Gasteiger partial charge >= 0.3 is 0 Å². The smallest absolute Gasteiger partial charge is 0.125 e. The van der Waals surface area contributed by atoms with Gasteiger partial charge in [-0.25, -0.2) is 0 Å². The average Bonchev–Trinajstić information content (AvgIpc) is 2.97. The van der Waals surface area contributed by atoms with Crippen molar-refractivity contribution in [2.45, 2.75) is 37.7 Å². The summed E-state index contributed by atoms with van der Waals surface area (Å²) in [7, 11) is 0. The van der Waals surface area contributed by atoms with Gasteiger partial charge in [0.1, 0.15) is 5.75 Å². The van der Waals surface area contributed by atoms with Crippen LogP contribution in [0.2, 0.25) is 0 Å². The first-order valence-corrected chi connectivity index (χ1v) is 7.12. The molecule has 3 rings (SSSR count). The van der Waals surface area contributed by atoms with Gasteiger partial charge in [-0.1, -0.05) is 22.4 Å². The molecule has 17 heavy (non-hydrogen) atoms. The normalized spacial score (nSPS) is 22.0. The molecule has 0 radical (unpaired) electrons. The molecule has 2 fully saturated rings. The van der Waals surface area contributed by atoms with Gasteiger partial charge in [0.2, 0.25) is 0 Å². The summed E-state index contributed by atoms with van der Waals surface area (Å²) in [5.74, 6) is 1.58. The average molecular weight is 297 g/mol. The maximum atomic E-state index is 10.2. The Labute approximate surface area is 110 Å². The Morgan fingerprint density at radius 2 is 2.12 bits per heavy atom. The van der Waals surface area contributed by atoms with Gasteiger partial charge in [0, 0.05) is 10.0 Å². The molecule has 0 aliphatic heterocycles. The minimum atomic E-state index is -0.626. The summed E-state index contributed by atoms with van der Waals surface area (Å²) in [6, 6.07) is 5.93. The molecule has 0 saturated heterocycles. The molecule has 2 aliphatic rings. The van der Waals surface area contributed by atoms with Crippen molar-refractivity contribution in [1.29, 1.82) is 0 Å². The van der Waals surface area contributed by atoms with E-state index in [1.807, 2.05) is 18.2 Å². The van der Waals surface area contributed by atoms with Gasteiger partial charge < -0.3 is 9.84 Å². The zero-order valence-corrected chi connectivity index (χ0v) is 11.4. The monoisotopic (exact) mass is 296 g/mol. The molecule has 0 spiro atoms. The van der Waals surface area contributed by atoms with Gasteiger partial charge in [0.15, 0.2) is 0 Å². The zero-order chi connectivity index (χ0) is 11.9. The van der Waals surface area contributed by atoms with Gasteiger partial charge in [-0.15, -0.1) is 0 Å². The summed E-state index contributed by atoms with van der Waals surface area (Å²) in [4.78, 5) is 0. The van der Waals surface area contributed by atoms with E-state index in [-0.39, 0.29) is 0 Å². The number of benzene rings is 1. The van der Waals surface area contributed by atoms with E-state index in [9.17, 15) is 5.11 Å². The first-order valence-electron chi connectivity index (χ1n) is 6.33. The molecule has 0 atom stereocenters. The lowest BCUT2D eigenvalue weighted by Crippen LogP contribution is -2.20. The van der Waals surface area contributed by atoms with E-state index < -0.39 is 5.60 Å². The SMILES string of the molecule is OC1(c2cc(Br)ccc2OCC2CCC2)CC1. The summed E-state index contributed by atoms with van der Waals surface area (Å²) < 4.78 is 6.89. The van der Waals surface area contributed by atoms with Gasteiger partial charge in [-0.05, 0) is 49.8 Å². The van der Waals surface area contributed by atoms with Crippen LogP contribution < -0.4 is 4.74 Å². The van der Waals surface area contributed by atoms with Crippen LogP contribution in [-0.4, -0.2) is 11.7 Å². The lowest BCUT2D eigenvalue weighted by Gasteiger charge is -2.26. The molecule has 1 aromatic carbocycles. The Kier molecular flexibility index (Phi) is 2.91. The molecule has 3 heteroatoms. The fourth-order valence-electron chi connectivity index (χ4n) is 2.25. The Morgan fingerprint density at radius 1 is 1.35 bits per heavy atom. The van der Waals surface area contributed by atoms with Crippen LogP contribution in [-0.2, 0) is 5.60 Å². The second-order valence-corrected chi connectivity index (χ2v) is 6.20. The topological polar surface area (TPSA) is 29.5 Å². The predicted octanol–water partition coefficient (Wildman–Crippen LogP) is 3.61. The summed E-state index contributed by atoms with van der Waals surface area (Å²) in [6.07, 6.45) is 5.61. The molecule has 0 aromatic heterocycles. The van der Waals surface area contributed by atoms with E-state index in [4.69, 9.17) is 4.74 Å². The predicted molar refractivity (Wildman–Crippen MR) is 70.1 cm³/mol. The fraction of sp³-hybridized carbons (Fsp3) is 0.571. The maximum Gasteiger partial charge on any atom is 0.125 e. The highest BCUT2D eigenvalue weighted by Crippen LogP contribution is 2.49. The number of ether oxygens (including phenoxy) is 1. The van der Waals surface area contributed by atoms with Crippen molar-refractivity contribution >= 4 is 15.9 Å². The Balaban J connectivity index is 1.77. The highest BCUT2D eigenvalue weighted by molar-refractivity contribution is 9.10. The number of hydrogen-bond acceptors (Lipinski definition) is 2. The van der Waals surface area contributed by atoms with Gasteiger partial charge in [-0.2, -0.15) is 0 Å². The summed E-state index contributed by atoms with van der Waals surface area (Å²) in [5.41, 5.74) is 0.324. The highest BCUT2D eigenvalue weighted by Gasteiger charge is 2.44. The largest absolute Gasteiger partial charge is 0.493 e. The molecular formula is C14H17BrO2. The summed E-state index contributed by atoms with van der Waals surface area (Å²) >= 11 is 3.45. The minimum Gasteiger partial charge on any atom is -0.493 e. The molecule has 92 valence electrons. The van der Waals surface area contributed by atoms with Crippen LogP contribution in [0.3, 0.4) is 0 Å². The minimum absolute atomic E-state index is 0.626. The van der Waals surface area contributed by atoms with E-state index in [1.165, 1.54) is 19.3 Å². The van der Waals surface area contributed by atoms with Crippen molar-refractivity contribution in [2.24, 2.45) is 5.92 Å². The number of halogens is 1. The van der Waals surface area contributed by atoms with Crippen LogP contribution in [0, 0.1) is 5.92 Å². The van der Waals surface area contributed by atoms with Crippen molar-refractivity contribution in [2.75, 3.05) is 6.61 Å². The quantitative estimate of drug-likeness (QED) is 0.920. The molecule has 1 N–H and O–H groups in total. The third kappa shape index (κ3) is 2.36. The highest BCUT2D eigenvalue weighted by atomic mass is 79.9. The van der Waals surface area contributed by atoms with Crippen molar-refractivity contribution in [3.05, 3.63) is 28.2 Å². The Hall–Kier alpha value is -0.540. The molecule has 2 nitrogen and oxygen atoms in total. The van der Waals surface area contributed by atoms with Gasteiger partial charge in [0.25, 0.3) is 0 Å². The fourth-order valence-corrected chi connectivity index (χ4v) is 2.61. The van der Waals surface area contributed by atoms with Gasteiger partial charge in [-0.3, -0.25) is 0 Å². The number of rotatable bonds is 4. The second-order valence-electron chi connectivity index (χ2n) is 5.28. The van der Waals surface area contributed by atoms with Crippen LogP contribution in [0.25, 0.3) is 0 Å². The third-order valence-electron chi connectivity index (χ3n) is 3.87. The summed E-state index contributed by atoms with van der Waals surface area (Å²) in [6.45, 7) is 0.796. The molecule has 0 unspecified atom stereocenters. The zero-order valence-electron chi connectivity index (χ0n) is 9.79. The standard InChI is InChI=1S/C14H17BrO2/c15-11-4-5-13(17-9-10-2-1-3-10)12(8-11)14(16)6-7-14/h4-5,8,10,16H,1-3,6-7,9H2. The molecule has 0 heterocycles. The van der Waals surface area contributed by atoms with Crippen molar-refractivity contribution in [1.82, 2.24) is 0 Å². The van der Waals surface area contributed by atoms with Crippen molar-refractivity contribution < 1.29 is 9.84 Å². The summed E-state index contributed by atoms with van der Waals surface area (Å²) in [5, 5.41) is 10.2. The number of hydrogen-bond donors (Lipinski definition) is 1. The first-order chi connectivity index (χ1) is 8.17. The first kappa shape index (κ1) is 11.5. The molecule has 2 saturated carbocycles. The molecule has 0 bridgehead atoms. The maximum absolute atomic E-state index is 10.2. The van der Waals surface area contributed by atoms with Crippen LogP contribution >= 0.6 is 15.9 Å². The van der Waals surface area contributed by atoms with E-state index in [0.29, 0.717) is 0 Å². The lowest BCUT2D eigenvalue weighted by atomic mass is 9.86. The van der Waals surface area contributed by atoms with Gasteiger partial charge in [0.05, 0.1) is 12.2 Å². The van der Waals surface area contributed by atoms with Crippen LogP contribution in [0.4, 0.5) is 0 Å². The molecular weight excluding hydrogens is 280 g/mol. The number of aliphatic hydroxyl groups is 1. The van der Waals surface area contributed by atoms with Crippen LogP contribution in [0.15, 0.2) is 22.7 Å². The lowest BCUT2D eigenvalue weighted by molar-refractivity contribution is 0.137. The van der Waals surface area contributed by atoms with E-state index in [0.717, 1.165) is 41.2 Å². The van der Waals surface area contributed by atoms with Crippen LogP contribution in [0.1, 0.15) is 37.7 Å². The Morgan fingerprint density at radius 3 is 2.71 bits per heavy atom. The van der Waals surface area contributed by atoms with E-state index in [1.54, 1.807) is 0 Å². The van der Waals surface area contributed by atoms with Crippen LogP contribution in [0.5, 0.6) is 5.75 Å². The van der Waals surface area contributed by atoms with E-state index >= 15 is 0 Å². The van der Waals surface area contributed by atoms with Crippen molar-refractivity contribution in [3.8, 4) is 5.75 Å². The van der Waals surface area contributed by atoms with Crippen molar-refractivity contribution in [3.63, 3.8) is 0 Å². The molecule has 2 aliphatic carbocycles.